The summed E-state index contributed by atoms with van der Waals surface area (Å²) in [5.74, 6) is 0.872. The standard InChI is InChI=1S/C16H17N5/c17-12-13-3-5-14(6-4-13)20-8-10-21(11-9-20)16-15(18)2-1-7-19-16/h1-7H,8-11,18H2. The lowest BCUT2D eigenvalue weighted by Crippen LogP contribution is -2.47. The zero-order valence-electron chi connectivity index (χ0n) is 11.7. The van der Waals surface area contributed by atoms with E-state index < -0.39 is 0 Å². The van der Waals surface area contributed by atoms with E-state index in [0.29, 0.717) is 5.56 Å². The molecule has 1 aliphatic rings. The summed E-state index contributed by atoms with van der Waals surface area (Å²) in [6.07, 6.45) is 1.78. The number of nitrogens with zero attached hydrogens (tertiary/aromatic N) is 4. The fraction of sp³-hybridized carbons (Fsp3) is 0.250. The van der Waals surface area contributed by atoms with E-state index in [-0.39, 0.29) is 0 Å². The Bertz CT molecular complexity index is 651. The monoisotopic (exact) mass is 279 g/mol. The van der Waals surface area contributed by atoms with Crippen molar-refractivity contribution < 1.29 is 0 Å². The lowest BCUT2D eigenvalue weighted by atomic mass is 10.2. The maximum atomic E-state index is 8.84. The van der Waals surface area contributed by atoms with E-state index in [4.69, 9.17) is 11.0 Å². The number of rotatable bonds is 2. The van der Waals surface area contributed by atoms with Crippen molar-refractivity contribution in [3.8, 4) is 6.07 Å². The summed E-state index contributed by atoms with van der Waals surface area (Å²) in [7, 11) is 0. The molecule has 1 saturated heterocycles. The van der Waals surface area contributed by atoms with Gasteiger partial charge in [-0.15, -0.1) is 0 Å². The molecule has 0 saturated carbocycles. The molecule has 1 fully saturated rings. The SMILES string of the molecule is N#Cc1ccc(N2CCN(c3ncccc3N)CC2)cc1. The van der Waals surface area contributed by atoms with E-state index in [1.807, 2.05) is 36.4 Å². The number of benzene rings is 1. The van der Waals surface area contributed by atoms with Crippen LogP contribution < -0.4 is 15.5 Å². The highest BCUT2D eigenvalue weighted by Crippen LogP contribution is 2.23. The van der Waals surface area contributed by atoms with Crippen LogP contribution in [0.4, 0.5) is 17.2 Å². The first-order valence-corrected chi connectivity index (χ1v) is 6.98. The van der Waals surface area contributed by atoms with Crippen molar-refractivity contribution in [1.29, 1.82) is 5.26 Å². The van der Waals surface area contributed by atoms with Crippen LogP contribution in [0.15, 0.2) is 42.6 Å². The van der Waals surface area contributed by atoms with Crippen molar-refractivity contribution in [3.05, 3.63) is 48.2 Å². The van der Waals surface area contributed by atoms with Crippen molar-refractivity contribution in [2.75, 3.05) is 41.7 Å². The van der Waals surface area contributed by atoms with Crippen LogP contribution in [-0.4, -0.2) is 31.2 Å². The summed E-state index contributed by atoms with van der Waals surface area (Å²) in [5.41, 5.74) is 8.56. The molecule has 0 unspecified atom stereocenters. The Balaban J connectivity index is 1.67. The normalized spacial score (nSPS) is 14.8. The molecule has 5 heteroatoms. The first-order chi connectivity index (χ1) is 10.3. The van der Waals surface area contributed by atoms with Gasteiger partial charge < -0.3 is 15.5 Å². The Hall–Kier alpha value is -2.74. The smallest absolute Gasteiger partial charge is 0.151 e. The molecule has 2 heterocycles. The Morgan fingerprint density at radius 2 is 1.67 bits per heavy atom. The molecule has 0 aliphatic carbocycles. The number of aromatic nitrogens is 1. The Morgan fingerprint density at radius 1 is 1.00 bits per heavy atom. The van der Waals surface area contributed by atoms with Crippen molar-refractivity contribution >= 4 is 17.2 Å². The minimum Gasteiger partial charge on any atom is -0.396 e. The van der Waals surface area contributed by atoms with Gasteiger partial charge in [0.15, 0.2) is 5.82 Å². The maximum Gasteiger partial charge on any atom is 0.151 e. The molecule has 1 aromatic heterocycles. The van der Waals surface area contributed by atoms with Crippen LogP contribution in [0.1, 0.15) is 5.56 Å². The summed E-state index contributed by atoms with van der Waals surface area (Å²) < 4.78 is 0. The van der Waals surface area contributed by atoms with Gasteiger partial charge in [0.25, 0.3) is 0 Å². The van der Waals surface area contributed by atoms with Gasteiger partial charge >= 0.3 is 0 Å². The number of hydrogen-bond donors (Lipinski definition) is 1. The summed E-state index contributed by atoms with van der Waals surface area (Å²) in [5, 5.41) is 8.84. The Morgan fingerprint density at radius 3 is 2.29 bits per heavy atom. The van der Waals surface area contributed by atoms with Crippen LogP contribution in [0.5, 0.6) is 0 Å². The van der Waals surface area contributed by atoms with E-state index >= 15 is 0 Å². The summed E-state index contributed by atoms with van der Waals surface area (Å²) in [6, 6.07) is 13.6. The van der Waals surface area contributed by atoms with Gasteiger partial charge in [-0.3, -0.25) is 0 Å². The molecule has 2 aromatic rings. The van der Waals surface area contributed by atoms with E-state index in [0.717, 1.165) is 43.4 Å². The summed E-state index contributed by atoms with van der Waals surface area (Å²) >= 11 is 0. The Labute approximate surface area is 124 Å². The predicted octanol–water partition coefficient (Wildman–Crippen LogP) is 1.86. The minimum atomic E-state index is 0.693. The molecule has 0 amide bonds. The van der Waals surface area contributed by atoms with Crippen LogP contribution in [0.2, 0.25) is 0 Å². The molecule has 5 nitrogen and oxygen atoms in total. The number of nitriles is 1. The van der Waals surface area contributed by atoms with Crippen LogP contribution in [-0.2, 0) is 0 Å². The summed E-state index contributed by atoms with van der Waals surface area (Å²) in [6.45, 7) is 3.62. The lowest BCUT2D eigenvalue weighted by molar-refractivity contribution is 0.648. The topological polar surface area (TPSA) is 69.2 Å². The lowest BCUT2D eigenvalue weighted by Gasteiger charge is -2.37. The first kappa shape index (κ1) is 13.3. The predicted molar refractivity (Wildman–Crippen MR) is 84.2 cm³/mol. The third-order valence-corrected chi connectivity index (χ3v) is 3.76. The fourth-order valence-electron chi connectivity index (χ4n) is 2.60. The summed E-state index contributed by atoms with van der Waals surface area (Å²) in [4.78, 5) is 8.90. The number of anilines is 3. The second kappa shape index (κ2) is 5.71. The average molecular weight is 279 g/mol. The number of nitrogen functional groups attached to an aromatic ring is 1. The molecule has 0 radical (unpaired) electrons. The van der Waals surface area contributed by atoms with Crippen molar-refractivity contribution in [3.63, 3.8) is 0 Å². The van der Waals surface area contributed by atoms with Gasteiger partial charge in [0.1, 0.15) is 0 Å². The van der Waals surface area contributed by atoms with Crippen LogP contribution >= 0.6 is 0 Å². The molecule has 0 bridgehead atoms. The second-order valence-electron chi connectivity index (χ2n) is 5.05. The molecule has 1 aromatic carbocycles. The van der Waals surface area contributed by atoms with Crippen molar-refractivity contribution in [1.82, 2.24) is 4.98 Å². The molecular formula is C16H17N5. The minimum absolute atomic E-state index is 0.693. The quantitative estimate of drug-likeness (QED) is 0.908. The highest BCUT2D eigenvalue weighted by molar-refractivity contribution is 5.63. The van der Waals surface area contributed by atoms with Crippen LogP contribution in [0.3, 0.4) is 0 Å². The second-order valence-corrected chi connectivity index (χ2v) is 5.05. The van der Waals surface area contributed by atoms with Gasteiger partial charge in [0.2, 0.25) is 0 Å². The number of pyridine rings is 1. The van der Waals surface area contributed by atoms with Crippen molar-refractivity contribution in [2.24, 2.45) is 0 Å². The zero-order valence-corrected chi connectivity index (χ0v) is 11.7. The fourth-order valence-corrected chi connectivity index (χ4v) is 2.60. The average Bonchev–Trinajstić information content (AvgIpc) is 2.56. The van der Waals surface area contributed by atoms with E-state index in [1.54, 1.807) is 6.20 Å². The Kier molecular flexibility index (Phi) is 3.61. The maximum absolute atomic E-state index is 8.84. The third kappa shape index (κ3) is 2.75. The molecule has 0 spiro atoms. The number of hydrogen-bond acceptors (Lipinski definition) is 5. The van der Waals surface area contributed by atoms with Gasteiger partial charge in [-0.2, -0.15) is 5.26 Å². The van der Waals surface area contributed by atoms with Gasteiger partial charge in [-0.25, -0.2) is 4.98 Å². The molecule has 21 heavy (non-hydrogen) atoms. The van der Waals surface area contributed by atoms with Gasteiger partial charge in [0, 0.05) is 38.1 Å². The largest absolute Gasteiger partial charge is 0.396 e. The number of piperazine rings is 1. The molecule has 0 atom stereocenters. The van der Waals surface area contributed by atoms with Gasteiger partial charge in [-0.05, 0) is 36.4 Å². The van der Waals surface area contributed by atoms with E-state index in [2.05, 4.69) is 20.9 Å². The van der Waals surface area contributed by atoms with Crippen molar-refractivity contribution in [2.45, 2.75) is 0 Å². The third-order valence-electron chi connectivity index (χ3n) is 3.76. The zero-order chi connectivity index (χ0) is 14.7. The molecule has 2 N–H and O–H groups in total. The van der Waals surface area contributed by atoms with E-state index in [9.17, 15) is 0 Å². The van der Waals surface area contributed by atoms with Crippen LogP contribution in [0.25, 0.3) is 0 Å². The van der Waals surface area contributed by atoms with Gasteiger partial charge in [-0.1, -0.05) is 0 Å². The highest BCUT2D eigenvalue weighted by atomic mass is 15.3. The van der Waals surface area contributed by atoms with Crippen LogP contribution in [0, 0.1) is 11.3 Å². The van der Waals surface area contributed by atoms with E-state index in [1.165, 1.54) is 0 Å². The molecule has 106 valence electrons. The molecule has 1 aliphatic heterocycles. The first-order valence-electron chi connectivity index (χ1n) is 6.98. The molecule has 3 rings (SSSR count). The number of nitrogens with two attached hydrogens (primary N) is 1. The van der Waals surface area contributed by atoms with Gasteiger partial charge in [0.05, 0.1) is 17.3 Å². The molecular weight excluding hydrogens is 262 g/mol. The highest BCUT2D eigenvalue weighted by Gasteiger charge is 2.19.